The first-order valence-corrected chi connectivity index (χ1v) is 14.1. The van der Waals surface area contributed by atoms with E-state index in [1.165, 1.54) is 6.92 Å². The van der Waals surface area contributed by atoms with Crippen LogP contribution in [0.3, 0.4) is 0 Å². The van der Waals surface area contributed by atoms with E-state index in [4.69, 9.17) is 4.74 Å². The molecule has 3 N–H and O–H groups in total. The van der Waals surface area contributed by atoms with Gasteiger partial charge in [0.2, 0.25) is 0 Å². The Labute approximate surface area is 255 Å². The summed E-state index contributed by atoms with van der Waals surface area (Å²) in [6.07, 6.45) is -5.15. The maximum Gasteiger partial charge on any atom is 0.384 e. The van der Waals surface area contributed by atoms with Crippen LogP contribution < -0.4 is 11.2 Å². The van der Waals surface area contributed by atoms with Gasteiger partial charge in [-0.25, -0.2) is 4.79 Å². The molecule has 1 aromatic heterocycles. The van der Waals surface area contributed by atoms with E-state index < -0.39 is 85.0 Å². The summed E-state index contributed by atoms with van der Waals surface area (Å²) in [7, 11) is 0. The van der Waals surface area contributed by atoms with Crippen LogP contribution in [0.15, 0.2) is 34.0 Å². The van der Waals surface area contributed by atoms with Crippen LogP contribution in [-0.4, -0.2) is 86.7 Å². The standard InChI is InChI=1S/C27H34F10N2O7/c1-16(41)10-8-6-4-2-3-5-7-9-12-23(28,29)25(32,33)27(36,37)26(34,35)24(30,31)15-45-20-19(43)17(14-40)46-21(20)39-13-11-18(42)38-22(39)44/h7,9,11,13,17,19-21,40,43H,2-6,8,10,12,14-15H2,1H3,(H,38,42,44)/b9-7-. The van der Waals surface area contributed by atoms with E-state index in [1.807, 2.05) is 0 Å². The number of aliphatic hydroxyl groups is 2. The fraction of sp³-hybridized carbons (Fsp3) is 0.741. The SMILES string of the molecule is CC(=O)CCCCCCC/C=C\CC(F)(F)C(F)(F)C(F)(F)C(F)(F)C(F)(F)COC1C(O)C(CO)OC1n1ccc(=O)[nH]c1=O. The Hall–Kier alpha value is -2.77. The summed E-state index contributed by atoms with van der Waals surface area (Å²) in [5, 5.41) is 19.5. The molecule has 4 unspecified atom stereocenters. The summed E-state index contributed by atoms with van der Waals surface area (Å²) < 4.78 is 154. The van der Waals surface area contributed by atoms with E-state index in [2.05, 4.69) is 4.74 Å². The number of aromatic nitrogens is 2. The number of allylic oxidation sites excluding steroid dienone is 2. The topological polar surface area (TPSA) is 131 Å². The number of alkyl halides is 10. The number of aromatic amines is 1. The summed E-state index contributed by atoms with van der Waals surface area (Å²) in [4.78, 5) is 35.9. The number of hydrogen-bond acceptors (Lipinski definition) is 7. The third-order valence-corrected chi connectivity index (χ3v) is 7.22. The molecule has 1 aliphatic rings. The molecule has 0 bridgehead atoms. The zero-order valence-corrected chi connectivity index (χ0v) is 24.4. The third kappa shape index (κ3) is 8.57. The lowest BCUT2D eigenvalue weighted by Gasteiger charge is -2.39. The van der Waals surface area contributed by atoms with Gasteiger partial charge in [0.1, 0.15) is 30.7 Å². The number of ketones is 1. The van der Waals surface area contributed by atoms with Crippen molar-refractivity contribution in [3.05, 3.63) is 45.3 Å². The lowest BCUT2D eigenvalue weighted by molar-refractivity contribution is -0.405. The normalized spacial score (nSPS) is 21.8. The van der Waals surface area contributed by atoms with Crippen LogP contribution in [0, 0.1) is 0 Å². The van der Waals surface area contributed by atoms with Crippen LogP contribution in [0.25, 0.3) is 0 Å². The fourth-order valence-corrected chi connectivity index (χ4v) is 4.49. The molecular weight excluding hydrogens is 654 g/mol. The average molecular weight is 689 g/mol. The van der Waals surface area contributed by atoms with E-state index in [1.54, 1.807) is 4.98 Å². The van der Waals surface area contributed by atoms with Gasteiger partial charge >= 0.3 is 35.3 Å². The molecule has 0 spiro atoms. The van der Waals surface area contributed by atoms with Gasteiger partial charge in [-0.05, 0) is 26.2 Å². The maximum atomic E-state index is 14.5. The van der Waals surface area contributed by atoms with Crippen LogP contribution in [0.5, 0.6) is 0 Å². The van der Waals surface area contributed by atoms with Crippen molar-refractivity contribution in [2.45, 2.75) is 112 Å². The van der Waals surface area contributed by atoms with Crippen molar-refractivity contribution in [2.24, 2.45) is 0 Å². The smallest absolute Gasteiger partial charge is 0.384 e. The molecule has 0 aromatic carbocycles. The highest BCUT2D eigenvalue weighted by Crippen LogP contribution is 2.58. The zero-order chi connectivity index (χ0) is 35.1. The first-order chi connectivity index (χ1) is 21.1. The van der Waals surface area contributed by atoms with E-state index in [-0.39, 0.29) is 12.2 Å². The van der Waals surface area contributed by atoms with Crippen LogP contribution in [0.4, 0.5) is 43.9 Å². The summed E-state index contributed by atoms with van der Waals surface area (Å²) >= 11 is 0. The number of ether oxygens (including phenoxy) is 2. The average Bonchev–Trinajstić information content (AvgIpc) is 3.26. The van der Waals surface area contributed by atoms with Crippen LogP contribution in [0.1, 0.15) is 64.5 Å². The van der Waals surface area contributed by atoms with Crippen molar-refractivity contribution in [2.75, 3.05) is 13.2 Å². The van der Waals surface area contributed by atoms with Gasteiger partial charge in [0.05, 0.1) is 6.61 Å². The van der Waals surface area contributed by atoms with Gasteiger partial charge in [-0.1, -0.05) is 31.4 Å². The number of nitrogens with one attached hydrogen (secondary N) is 1. The molecule has 19 heteroatoms. The molecule has 0 saturated carbocycles. The van der Waals surface area contributed by atoms with Crippen molar-refractivity contribution in [3.63, 3.8) is 0 Å². The quantitative estimate of drug-likeness (QED) is 0.110. The molecule has 4 atom stereocenters. The zero-order valence-electron chi connectivity index (χ0n) is 24.4. The Bertz CT molecular complexity index is 1300. The van der Waals surface area contributed by atoms with Crippen molar-refractivity contribution >= 4 is 5.78 Å². The second-order valence-electron chi connectivity index (χ2n) is 10.8. The molecule has 0 amide bonds. The molecule has 9 nitrogen and oxygen atoms in total. The monoisotopic (exact) mass is 688 g/mol. The predicted molar refractivity (Wildman–Crippen MR) is 140 cm³/mol. The van der Waals surface area contributed by atoms with Crippen molar-refractivity contribution in [1.82, 2.24) is 9.55 Å². The van der Waals surface area contributed by atoms with Crippen molar-refractivity contribution < 1.29 is 68.4 Å². The molecule has 1 saturated heterocycles. The summed E-state index contributed by atoms with van der Waals surface area (Å²) in [6.45, 7) is -2.52. The summed E-state index contributed by atoms with van der Waals surface area (Å²) in [5.74, 6) is -33.7. The molecule has 1 aromatic rings. The minimum Gasteiger partial charge on any atom is -0.394 e. The van der Waals surface area contributed by atoms with Gasteiger partial charge in [-0.3, -0.25) is 14.3 Å². The van der Waals surface area contributed by atoms with Gasteiger partial charge in [0.25, 0.3) is 5.56 Å². The molecule has 2 heterocycles. The number of carbonyl (C=O) groups is 1. The number of nitrogens with zero attached hydrogens (tertiary/aromatic N) is 1. The highest BCUT2D eigenvalue weighted by atomic mass is 19.4. The lowest BCUT2D eigenvalue weighted by Crippen LogP contribution is -2.68. The van der Waals surface area contributed by atoms with Crippen molar-refractivity contribution in [3.8, 4) is 0 Å². The van der Waals surface area contributed by atoms with Gasteiger partial charge in [0.15, 0.2) is 6.23 Å². The van der Waals surface area contributed by atoms with Crippen LogP contribution in [-0.2, 0) is 14.3 Å². The highest BCUT2D eigenvalue weighted by molar-refractivity contribution is 5.75. The largest absolute Gasteiger partial charge is 0.394 e. The molecule has 0 aliphatic carbocycles. The summed E-state index contributed by atoms with van der Waals surface area (Å²) in [6, 6.07) is 0.696. The number of rotatable bonds is 19. The molecule has 1 fully saturated rings. The molecule has 46 heavy (non-hydrogen) atoms. The molecule has 1 aliphatic heterocycles. The number of H-pyrrole nitrogens is 1. The number of halogens is 10. The number of hydrogen-bond donors (Lipinski definition) is 3. The van der Waals surface area contributed by atoms with Gasteiger partial charge in [0, 0.05) is 25.1 Å². The van der Waals surface area contributed by atoms with Crippen molar-refractivity contribution in [1.29, 1.82) is 0 Å². The molecule has 2 rings (SSSR count). The Balaban J connectivity index is 2.12. The number of Topliss-reactive ketones (excluding diaryl/α,β-unsaturated/α-hetero) is 1. The second-order valence-corrected chi connectivity index (χ2v) is 10.8. The first-order valence-electron chi connectivity index (χ1n) is 14.1. The third-order valence-electron chi connectivity index (χ3n) is 7.22. The number of carbonyl (C=O) groups excluding carboxylic acids is 1. The Morgan fingerprint density at radius 1 is 0.935 bits per heavy atom. The highest BCUT2D eigenvalue weighted by Gasteiger charge is 2.85. The predicted octanol–water partition coefficient (Wildman–Crippen LogP) is 4.61. The first kappa shape index (κ1) is 39.4. The minimum absolute atomic E-state index is 0.00778. The van der Waals surface area contributed by atoms with Gasteiger partial charge < -0.3 is 24.5 Å². The fourth-order valence-electron chi connectivity index (χ4n) is 4.49. The maximum absolute atomic E-state index is 14.5. The van der Waals surface area contributed by atoms with E-state index in [0.29, 0.717) is 61.4 Å². The minimum atomic E-state index is -7.35. The number of unbranched alkanes of at least 4 members (excludes halogenated alkanes) is 5. The van der Waals surface area contributed by atoms with Gasteiger partial charge in [-0.15, -0.1) is 0 Å². The van der Waals surface area contributed by atoms with E-state index >= 15 is 0 Å². The lowest BCUT2D eigenvalue weighted by atomic mass is 9.93. The summed E-state index contributed by atoms with van der Waals surface area (Å²) in [5.41, 5.74) is -2.27. The van der Waals surface area contributed by atoms with E-state index in [0.717, 1.165) is 6.08 Å². The Kier molecular flexibility index (Phi) is 13.2. The molecule has 264 valence electrons. The molecule has 0 radical (unpaired) electrons. The Morgan fingerprint density at radius 2 is 1.52 bits per heavy atom. The second kappa shape index (κ2) is 15.4. The van der Waals surface area contributed by atoms with E-state index in [9.17, 15) is 68.5 Å². The van der Waals surface area contributed by atoms with Crippen LogP contribution >= 0.6 is 0 Å². The van der Waals surface area contributed by atoms with Gasteiger partial charge in [-0.2, -0.15) is 43.9 Å². The number of aliphatic hydroxyl groups excluding tert-OH is 2. The van der Waals surface area contributed by atoms with Crippen LogP contribution in [0.2, 0.25) is 0 Å². The molecular formula is C27H34F10N2O7. The Morgan fingerprint density at radius 3 is 2.11 bits per heavy atom.